The number of aromatic nitrogens is 2. The van der Waals surface area contributed by atoms with Crippen LogP contribution in [0.15, 0.2) is 48.5 Å². The monoisotopic (exact) mass is 355 g/mol. The van der Waals surface area contributed by atoms with E-state index in [1.165, 1.54) is 12.1 Å². The Hall–Kier alpha value is -2.66. The fourth-order valence-corrected chi connectivity index (χ4v) is 3.04. The second-order valence-corrected chi connectivity index (χ2v) is 6.49. The van der Waals surface area contributed by atoms with Crippen LogP contribution < -0.4 is 5.32 Å². The van der Waals surface area contributed by atoms with Crippen molar-refractivity contribution in [2.24, 2.45) is 0 Å². The predicted molar refractivity (Wildman–Crippen MR) is 95.4 cm³/mol. The first-order chi connectivity index (χ1) is 12.1. The lowest BCUT2D eigenvalue weighted by Crippen LogP contribution is -2.13. The lowest BCUT2D eigenvalue weighted by Gasteiger charge is -2.09. The number of halogens is 2. The number of H-pyrrole nitrogens is 1. The number of aromatic amines is 1. The zero-order valence-electron chi connectivity index (χ0n) is 13.2. The van der Waals surface area contributed by atoms with E-state index in [0.29, 0.717) is 33.4 Å². The minimum absolute atomic E-state index is 0.313. The van der Waals surface area contributed by atoms with Crippen molar-refractivity contribution in [2.75, 3.05) is 5.32 Å². The molecule has 6 heteroatoms. The largest absolute Gasteiger partial charge is 0.318 e. The highest BCUT2D eigenvalue weighted by Gasteiger charge is 2.31. The summed E-state index contributed by atoms with van der Waals surface area (Å²) in [4.78, 5) is 12.7. The van der Waals surface area contributed by atoms with E-state index in [-0.39, 0.29) is 11.7 Å². The highest BCUT2D eigenvalue weighted by molar-refractivity contribution is 6.34. The van der Waals surface area contributed by atoms with Crippen LogP contribution in [0, 0.1) is 5.82 Å². The summed E-state index contributed by atoms with van der Waals surface area (Å²) in [7, 11) is 0. The van der Waals surface area contributed by atoms with Crippen molar-refractivity contribution in [1.29, 1.82) is 0 Å². The normalized spacial score (nSPS) is 13.7. The molecule has 4 nitrogen and oxygen atoms in total. The summed E-state index contributed by atoms with van der Waals surface area (Å²) in [5, 5.41) is 10.6. The number of hydrogen-bond acceptors (Lipinski definition) is 2. The molecule has 1 saturated carbocycles. The maximum absolute atomic E-state index is 13.6. The number of amides is 1. The molecule has 1 heterocycles. The van der Waals surface area contributed by atoms with Gasteiger partial charge in [-0.2, -0.15) is 5.10 Å². The van der Waals surface area contributed by atoms with E-state index in [4.69, 9.17) is 11.6 Å². The molecule has 0 saturated heterocycles. The molecule has 25 heavy (non-hydrogen) atoms. The van der Waals surface area contributed by atoms with Gasteiger partial charge in [0.2, 0.25) is 0 Å². The van der Waals surface area contributed by atoms with Crippen LogP contribution in [-0.2, 0) is 0 Å². The Kier molecular flexibility index (Phi) is 4.01. The number of benzene rings is 2. The first-order valence-corrected chi connectivity index (χ1v) is 8.41. The standard InChI is InChI=1S/C19H15ClFN3O/c20-15-7-2-1-6-14(15)19(25)22-18-16(11-8-9-11)23-24-17(18)12-4-3-5-13(21)10-12/h1-7,10-11H,8-9H2,(H,22,25)(H,23,24). The van der Waals surface area contributed by atoms with Crippen molar-refractivity contribution in [2.45, 2.75) is 18.8 Å². The fourth-order valence-electron chi connectivity index (χ4n) is 2.82. The molecule has 4 rings (SSSR count). The molecule has 1 aliphatic carbocycles. The number of nitrogens with zero attached hydrogens (tertiary/aromatic N) is 1. The molecule has 1 fully saturated rings. The molecule has 2 N–H and O–H groups in total. The highest BCUT2D eigenvalue weighted by Crippen LogP contribution is 2.45. The van der Waals surface area contributed by atoms with E-state index in [2.05, 4.69) is 15.5 Å². The van der Waals surface area contributed by atoms with Crippen molar-refractivity contribution in [3.8, 4) is 11.3 Å². The van der Waals surface area contributed by atoms with Gasteiger partial charge in [0, 0.05) is 11.5 Å². The highest BCUT2D eigenvalue weighted by atomic mass is 35.5. The number of carbonyl (C=O) groups is 1. The van der Waals surface area contributed by atoms with Crippen LogP contribution in [0.1, 0.15) is 34.8 Å². The summed E-state index contributed by atoms with van der Waals surface area (Å²) in [6.45, 7) is 0. The number of anilines is 1. The van der Waals surface area contributed by atoms with Gasteiger partial charge in [0.25, 0.3) is 5.91 Å². The lowest BCUT2D eigenvalue weighted by atomic mass is 10.1. The zero-order valence-corrected chi connectivity index (χ0v) is 14.0. The van der Waals surface area contributed by atoms with E-state index in [1.807, 2.05) is 0 Å². The molecule has 0 radical (unpaired) electrons. The second-order valence-electron chi connectivity index (χ2n) is 6.08. The van der Waals surface area contributed by atoms with Crippen LogP contribution in [0.4, 0.5) is 10.1 Å². The minimum atomic E-state index is -0.350. The van der Waals surface area contributed by atoms with Gasteiger partial charge < -0.3 is 5.32 Å². The van der Waals surface area contributed by atoms with Crippen LogP contribution in [-0.4, -0.2) is 16.1 Å². The molecule has 0 unspecified atom stereocenters. The fraction of sp³-hybridized carbons (Fsp3) is 0.158. The molecule has 2 aromatic carbocycles. The summed E-state index contributed by atoms with van der Waals surface area (Å²) in [6, 6.07) is 13.0. The molecule has 1 aliphatic rings. The maximum atomic E-state index is 13.6. The van der Waals surface area contributed by atoms with Gasteiger partial charge in [0.15, 0.2) is 0 Å². The Morgan fingerprint density at radius 2 is 2.00 bits per heavy atom. The first-order valence-electron chi connectivity index (χ1n) is 8.03. The SMILES string of the molecule is O=C(Nc1c(-c2cccc(F)c2)n[nH]c1C1CC1)c1ccccc1Cl. The van der Waals surface area contributed by atoms with E-state index in [0.717, 1.165) is 18.5 Å². The molecule has 1 amide bonds. The summed E-state index contributed by atoms with van der Waals surface area (Å²) in [6.07, 6.45) is 2.08. The van der Waals surface area contributed by atoms with Gasteiger partial charge in [-0.15, -0.1) is 0 Å². The molecular weight excluding hydrogens is 341 g/mol. The van der Waals surface area contributed by atoms with Gasteiger partial charge in [-0.3, -0.25) is 9.89 Å². The van der Waals surface area contributed by atoms with Gasteiger partial charge in [0.1, 0.15) is 11.5 Å². The molecular formula is C19H15ClFN3O. The Morgan fingerprint density at radius 3 is 2.72 bits per heavy atom. The van der Waals surface area contributed by atoms with Crippen molar-refractivity contribution in [3.05, 3.63) is 70.6 Å². The first kappa shape index (κ1) is 15.8. The van der Waals surface area contributed by atoms with Crippen molar-refractivity contribution >= 4 is 23.2 Å². The maximum Gasteiger partial charge on any atom is 0.257 e. The summed E-state index contributed by atoms with van der Waals surface area (Å²) >= 11 is 6.12. The van der Waals surface area contributed by atoms with Gasteiger partial charge in [-0.1, -0.05) is 35.9 Å². The lowest BCUT2D eigenvalue weighted by molar-refractivity contribution is 0.102. The second kappa shape index (κ2) is 6.33. The van der Waals surface area contributed by atoms with Crippen LogP contribution in [0.2, 0.25) is 5.02 Å². The van der Waals surface area contributed by atoms with Gasteiger partial charge in [0.05, 0.1) is 22.0 Å². The number of carbonyl (C=O) groups excluding carboxylic acids is 1. The number of rotatable bonds is 4. The third-order valence-electron chi connectivity index (χ3n) is 4.23. The van der Waals surface area contributed by atoms with Gasteiger partial charge in [-0.25, -0.2) is 4.39 Å². The Balaban J connectivity index is 1.74. The molecule has 0 aliphatic heterocycles. The quantitative estimate of drug-likeness (QED) is 0.692. The van der Waals surface area contributed by atoms with Crippen molar-refractivity contribution < 1.29 is 9.18 Å². The Labute approximate surface area is 149 Å². The van der Waals surface area contributed by atoms with Crippen LogP contribution >= 0.6 is 11.6 Å². The Morgan fingerprint density at radius 1 is 1.20 bits per heavy atom. The molecule has 0 spiro atoms. The molecule has 0 bridgehead atoms. The Bertz CT molecular complexity index is 949. The van der Waals surface area contributed by atoms with Gasteiger partial charge >= 0.3 is 0 Å². The molecule has 126 valence electrons. The predicted octanol–water partition coefficient (Wildman–Crippen LogP) is 5.00. The van der Waals surface area contributed by atoms with Gasteiger partial charge in [-0.05, 0) is 37.1 Å². The number of nitrogens with one attached hydrogen (secondary N) is 2. The average molecular weight is 356 g/mol. The minimum Gasteiger partial charge on any atom is -0.318 e. The molecule has 0 atom stereocenters. The number of hydrogen-bond donors (Lipinski definition) is 2. The third-order valence-corrected chi connectivity index (χ3v) is 4.56. The van der Waals surface area contributed by atoms with Crippen molar-refractivity contribution in [1.82, 2.24) is 10.2 Å². The summed E-state index contributed by atoms with van der Waals surface area (Å²) < 4.78 is 13.6. The summed E-state index contributed by atoms with van der Waals surface area (Å²) in [5.74, 6) is -0.320. The third kappa shape index (κ3) is 3.15. The molecule has 1 aromatic heterocycles. The van der Waals surface area contributed by atoms with Crippen LogP contribution in [0.3, 0.4) is 0 Å². The van der Waals surface area contributed by atoms with E-state index < -0.39 is 0 Å². The summed E-state index contributed by atoms with van der Waals surface area (Å²) in [5.41, 5.74) is 2.99. The smallest absolute Gasteiger partial charge is 0.257 e. The van der Waals surface area contributed by atoms with Crippen LogP contribution in [0.5, 0.6) is 0 Å². The molecule has 3 aromatic rings. The average Bonchev–Trinajstić information content (AvgIpc) is 3.36. The zero-order chi connectivity index (χ0) is 17.4. The van der Waals surface area contributed by atoms with E-state index in [1.54, 1.807) is 36.4 Å². The van der Waals surface area contributed by atoms with E-state index >= 15 is 0 Å². The van der Waals surface area contributed by atoms with Crippen LogP contribution in [0.25, 0.3) is 11.3 Å². The topological polar surface area (TPSA) is 57.8 Å². The van der Waals surface area contributed by atoms with E-state index in [9.17, 15) is 9.18 Å². The van der Waals surface area contributed by atoms with Crippen molar-refractivity contribution in [3.63, 3.8) is 0 Å².